The molecule has 1 heterocycles. The highest BCUT2D eigenvalue weighted by atomic mass is 19.4. The number of halogens is 3. The molecule has 6 heteroatoms. The summed E-state index contributed by atoms with van der Waals surface area (Å²) in [6, 6.07) is 9.92. The van der Waals surface area contributed by atoms with E-state index in [1.54, 1.807) is 12.1 Å². The number of allylic oxidation sites excluding steroid dienone is 2. The first kappa shape index (κ1) is 20.6. The Kier molecular flexibility index (Phi) is 5.20. The van der Waals surface area contributed by atoms with E-state index in [1.807, 2.05) is 0 Å². The summed E-state index contributed by atoms with van der Waals surface area (Å²) in [5, 5.41) is 3.14. The van der Waals surface area contributed by atoms with Crippen molar-refractivity contribution in [2.24, 2.45) is 11.8 Å². The summed E-state index contributed by atoms with van der Waals surface area (Å²) >= 11 is 0. The van der Waals surface area contributed by atoms with Gasteiger partial charge in [-0.2, -0.15) is 13.2 Å². The average molecular weight is 414 g/mol. The molecule has 0 saturated heterocycles. The van der Waals surface area contributed by atoms with Gasteiger partial charge in [-0.1, -0.05) is 42.8 Å². The Balaban J connectivity index is 1.59. The van der Waals surface area contributed by atoms with Gasteiger partial charge in [0, 0.05) is 11.1 Å². The molecule has 1 aromatic heterocycles. The molecule has 5 rings (SSSR count). The van der Waals surface area contributed by atoms with Crippen molar-refractivity contribution in [3.63, 3.8) is 0 Å². The van der Waals surface area contributed by atoms with E-state index in [0.29, 0.717) is 11.8 Å². The van der Waals surface area contributed by atoms with Crippen molar-refractivity contribution in [1.82, 2.24) is 10.3 Å². The third-order valence-corrected chi connectivity index (χ3v) is 6.04. The van der Waals surface area contributed by atoms with Crippen molar-refractivity contribution in [2.75, 3.05) is 0 Å². The number of carbonyl (C=O) groups excluding carboxylic acids is 1. The maximum Gasteiger partial charge on any atom is 0.417 e. The Morgan fingerprint density at radius 1 is 1.10 bits per heavy atom. The molecule has 1 N–H and O–H groups in total. The Labute approximate surface area is 174 Å². The molecule has 1 aromatic carbocycles. The van der Waals surface area contributed by atoms with E-state index in [9.17, 15) is 18.0 Å². The van der Waals surface area contributed by atoms with Crippen LogP contribution in [0.3, 0.4) is 0 Å². The van der Waals surface area contributed by atoms with E-state index >= 15 is 0 Å². The first-order valence-corrected chi connectivity index (χ1v) is 10.3. The summed E-state index contributed by atoms with van der Waals surface area (Å²) in [5.41, 5.74) is 0.619. The number of alkyl halides is 3. The molecule has 1 amide bonds. The SMILES string of the molecule is CC1C=C2CC(C2)CC(C)(NC(=O)c2cccc(-c3ccccc3C(F)(F)F)n2)C1. The van der Waals surface area contributed by atoms with Crippen molar-refractivity contribution in [3.05, 3.63) is 65.4 Å². The van der Waals surface area contributed by atoms with Crippen LogP contribution in [0, 0.1) is 11.8 Å². The van der Waals surface area contributed by atoms with Crippen molar-refractivity contribution in [1.29, 1.82) is 0 Å². The van der Waals surface area contributed by atoms with E-state index in [1.165, 1.54) is 29.8 Å². The molecule has 158 valence electrons. The molecule has 0 radical (unpaired) electrons. The fraction of sp³-hybridized carbons (Fsp3) is 0.417. The minimum Gasteiger partial charge on any atom is -0.346 e. The number of pyridine rings is 1. The first-order chi connectivity index (χ1) is 14.1. The largest absolute Gasteiger partial charge is 0.417 e. The highest BCUT2D eigenvalue weighted by Gasteiger charge is 2.38. The van der Waals surface area contributed by atoms with E-state index < -0.39 is 11.7 Å². The average Bonchev–Trinajstić information content (AvgIpc) is 2.64. The number of rotatable bonds is 3. The molecule has 0 aliphatic heterocycles. The van der Waals surface area contributed by atoms with Crippen molar-refractivity contribution in [2.45, 2.75) is 51.2 Å². The third-order valence-electron chi connectivity index (χ3n) is 6.04. The van der Waals surface area contributed by atoms with Gasteiger partial charge >= 0.3 is 6.18 Å². The predicted molar refractivity (Wildman–Crippen MR) is 110 cm³/mol. The van der Waals surface area contributed by atoms with Gasteiger partial charge in [0.15, 0.2) is 0 Å². The van der Waals surface area contributed by atoms with E-state index in [2.05, 4.69) is 30.2 Å². The molecule has 1 fully saturated rings. The number of benzene rings is 1. The van der Waals surface area contributed by atoms with Crippen LogP contribution in [0.2, 0.25) is 0 Å². The predicted octanol–water partition coefficient (Wildman–Crippen LogP) is 6.02. The van der Waals surface area contributed by atoms with E-state index in [4.69, 9.17) is 0 Å². The van der Waals surface area contributed by atoms with Crippen molar-refractivity contribution < 1.29 is 18.0 Å². The number of hydrogen-bond donors (Lipinski definition) is 1. The summed E-state index contributed by atoms with van der Waals surface area (Å²) in [6.45, 7) is 4.21. The second-order valence-corrected chi connectivity index (χ2v) is 8.95. The fourth-order valence-electron chi connectivity index (χ4n) is 4.96. The van der Waals surface area contributed by atoms with Crippen LogP contribution in [0.25, 0.3) is 11.3 Å². The van der Waals surface area contributed by atoms with Gasteiger partial charge in [-0.05, 0) is 62.6 Å². The van der Waals surface area contributed by atoms with E-state index in [-0.39, 0.29) is 28.4 Å². The molecule has 3 aliphatic rings. The lowest BCUT2D eigenvalue weighted by molar-refractivity contribution is -0.137. The second kappa shape index (κ2) is 7.56. The van der Waals surface area contributed by atoms with Crippen LogP contribution in [-0.2, 0) is 6.18 Å². The monoisotopic (exact) mass is 414 g/mol. The summed E-state index contributed by atoms with van der Waals surface area (Å²) in [7, 11) is 0. The van der Waals surface area contributed by atoms with E-state index in [0.717, 1.165) is 31.7 Å². The van der Waals surface area contributed by atoms with Gasteiger partial charge in [-0.25, -0.2) is 4.98 Å². The summed E-state index contributed by atoms with van der Waals surface area (Å²) in [5.74, 6) is 0.594. The lowest BCUT2D eigenvalue weighted by Gasteiger charge is -2.43. The van der Waals surface area contributed by atoms with Gasteiger partial charge in [-0.15, -0.1) is 0 Å². The molecular weight excluding hydrogens is 389 g/mol. The zero-order valence-corrected chi connectivity index (χ0v) is 17.1. The number of amides is 1. The van der Waals surface area contributed by atoms with Crippen molar-refractivity contribution >= 4 is 5.91 Å². The Morgan fingerprint density at radius 3 is 2.57 bits per heavy atom. The molecule has 3 nitrogen and oxygen atoms in total. The normalized spacial score (nSPS) is 26.1. The maximum atomic E-state index is 13.4. The Morgan fingerprint density at radius 2 is 1.83 bits per heavy atom. The quantitative estimate of drug-likeness (QED) is 0.624. The van der Waals surface area contributed by atoms with Gasteiger partial charge in [0.1, 0.15) is 5.69 Å². The van der Waals surface area contributed by atoms with Crippen LogP contribution < -0.4 is 5.32 Å². The molecule has 2 atom stereocenters. The smallest absolute Gasteiger partial charge is 0.346 e. The number of carbonyl (C=O) groups is 1. The van der Waals surface area contributed by atoms with Crippen LogP contribution >= 0.6 is 0 Å². The standard InChI is InChI=1S/C24H25F3N2O/c1-15-10-16-11-17(12-16)14-23(2,13-15)29-22(30)21-9-5-8-20(28-21)18-6-3-4-7-19(18)24(25,26)27/h3-10,15,17H,11-14H2,1-2H3,(H,29,30). The van der Waals surface area contributed by atoms with Crippen LogP contribution in [0.1, 0.15) is 55.6 Å². The maximum absolute atomic E-state index is 13.4. The molecule has 1 saturated carbocycles. The lowest BCUT2D eigenvalue weighted by Crippen LogP contribution is -2.50. The summed E-state index contributed by atoms with van der Waals surface area (Å²) < 4.78 is 40.2. The highest BCUT2D eigenvalue weighted by molar-refractivity contribution is 5.93. The van der Waals surface area contributed by atoms with Crippen LogP contribution in [0.5, 0.6) is 0 Å². The number of aromatic nitrogens is 1. The Hall–Kier alpha value is -2.63. The molecular formula is C24H25F3N2O. The molecule has 0 spiro atoms. The zero-order valence-electron chi connectivity index (χ0n) is 17.1. The van der Waals surface area contributed by atoms with Gasteiger partial charge in [0.25, 0.3) is 5.91 Å². The van der Waals surface area contributed by atoms with Crippen molar-refractivity contribution in [3.8, 4) is 11.3 Å². The van der Waals surface area contributed by atoms with Gasteiger partial charge in [-0.3, -0.25) is 4.79 Å². The molecule has 2 unspecified atom stereocenters. The summed E-state index contributed by atoms with van der Waals surface area (Å²) in [6.07, 6.45) is 1.74. The minimum absolute atomic E-state index is 0.0300. The molecule has 2 aromatic rings. The topological polar surface area (TPSA) is 42.0 Å². The summed E-state index contributed by atoms with van der Waals surface area (Å²) in [4.78, 5) is 17.3. The number of fused-ring (bicyclic) bond motifs is 4. The van der Waals surface area contributed by atoms with Crippen LogP contribution in [0.4, 0.5) is 13.2 Å². The fourth-order valence-corrected chi connectivity index (χ4v) is 4.96. The number of nitrogens with zero attached hydrogens (tertiary/aromatic N) is 1. The molecule has 3 aliphatic carbocycles. The first-order valence-electron chi connectivity index (χ1n) is 10.3. The van der Waals surface area contributed by atoms with Gasteiger partial charge in [0.05, 0.1) is 11.3 Å². The molecule has 2 bridgehead atoms. The van der Waals surface area contributed by atoms with Crippen LogP contribution in [0.15, 0.2) is 54.1 Å². The number of hydrogen-bond acceptors (Lipinski definition) is 2. The minimum atomic E-state index is -4.49. The van der Waals surface area contributed by atoms with Gasteiger partial charge in [0.2, 0.25) is 0 Å². The number of nitrogens with one attached hydrogen (secondary N) is 1. The lowest BCUT2D eigenvalue weighted by atomic mass is 9.67. The van der Waals surface area contributed by atoms with Crippen LogP contribution in [-0.4, -0.2) is 16.4 Å². The Bertz CT molecular complexity index is 990. The second-order valence-electron chi connectivity index (χ2n) is 8.95. The third kappa shape index (κ3) is 4.27. The highest BCUT2D eigenvalue weighted by Crippen LogP contribution is 2.43. The van der Waals surface area contributed by atoms with Gasteiger partial charge < -0.3 is 5.32 Å². The zero-order chi connectivity index (χ0) is 21.5. The molecule has 30 heavy (non-hydrogen) atoms.